The van der Waals surface area contributed by atoms with E-state index in [1.807, 2.05) is 44.2 Å². The van der Waals surface area contributed by atoms with E-state index < -0.39 is 5.69 Å². The Morgan fingerprint density at radius 1 is 1.17 bits per heavy atom. The molecule has 0 aliphatic rings. The summed E-state index contributed by atoms with van der Waals surface area (Å²) in [5.41, 5.74) is 0.714. The Labute approximate surface area is 138 Å². The quantitative estimate of drug-likeness (QED) is 0.713. The maximum atomic E-state index is 12.9. The Hall–Kier alpha value is -2.67. The minimum Gasteiger partial charge on any atom is -0.383 e. The molecule has 7 heteroatoms. The van der Waals surface area contributed by atoms with Crippen molar-refractivity contribution in [2.75, 3.05) is 13.7 Å². The third kappa shape index (κ3) is 2.56. The van der Waals surface area contributed by atoms with Gasteiger partial charge in [0.1, 0.15) is 0 Å². The van der Waals surface area contributed by atoms with Crippen molar-refractivity contribution in [1.82, 2.24) is 18.7 Å². The molecule has 0 saturated heterocycles. The summed E-state index contributed by atoms with van der Waals surface area (Å²) in [6.45, 7) is 4.42. The van der Waals surface area contributed by atoms with Crippen LogP contribution in [0.3, 0.4) is 0 Å². The zero-order valence-corrected chi connectivity index (χ0v) is 14.0. The zero-order valence-electron chi connectivity index (χ0n) is 14.0. The third-order valence-electron chi connectivity index (χ3n) is 3.95. The molecule has 0 unspecified atom stereocenters. The van der Waals surface area contributed by atoms with Gasteiger partial charge in [0.2, 0.25) is 0 Å². The topological polar surface area (TPSA) is 71.1 Å². The lowest BCUT2D eigenvalue weighted by Gasteiger charge is -2.13. The van der Waals surface area contributed by atoms with Gasteiger partial charge >= 0.3 is 5.69 Å². The van der Waals surface area contributed by atoms with Crippen LogP contribution in [0.15, 0.2) is 46.2 Å². The molecule has 7 nitrogen and oxygen atoms in total. The Kier molecular flexibility index (Phi) is 4.35. The first kappa shape index (κ1) is 16.2. The third-order valence-corrected chi connectivity index (χ3v) is 3.95. The second kappa shape index (κ2) is 6.45. The lowest BCUT2D eigenvalue weighted by Crippen LogP contribution is -2.41. The van der Waals surface area contributed by atoms with E-state index in [9.17, 15) is 9.59 Å². The van der Waals surface area contributed by atoms with Crippen LogP contribution in [0.4, 0.5) is 0 Å². The number of hydrogen-bond donors (Lipinski definition) is 0. The summed E-state index contributed by atoms with van der Waals surface area (Å²) in [4.78, 5) is 30.1. The van der Waals surface area contributed by atoms with Gasteiger partial charge in [-0.1, -0.05) is 18.2 Å². The van der Waals surface area contributed by atoms with Crippen molar-refractivity contribution in [1.29, 1.82) is 0 Å². The fourth-order valence-electron chi connectivity index (χ4n) is 2.73. The first-order valence-electron chi connectivity index (χ1n) is 7.83. The molecule has 2 aromatic heterocycles. The van der Waals surface area contributed by atoms with Crippen LogP contribution in [0.2, 0.25) is 0 Å². The first-order chi connectivity index (χ1) is 11.6. The molecule has 126 valence electrons. The fraction of sp³-hybridized carbons (Fsp3) is 0.353. The maximum absolute atomic E-state index is 12.9. The molecule has 0 radical (unpaired) electrons. The van der Waals surface area contributed by atoms with Crippen LogP contribution < -0.4 is 11.2 Å². The van der Waals surface area contributed by atoms with Gasteiger partial charge < -0.3 is 9.30 Å². The molecule has 0 amide bonds. The van der Waals surface area contributed by atoms with E-state index in [0.717, 1.165) is 0 Å². The van der Waals surface area contributed by atoms with Gasteiger partial charge in [0.05, 0.1) is 25.2 Å². The highest BCUT2D eigenvalue weighted by Gasteiger charge is 2.19. The van der Waals surface area contributed by atoms with Gasteiger partial charge in [-0.05, 0) is 26.0 Å². The van der Waals surface area contributed by atoms with Gasteiger partial charge in [-0.15, -0.1) is 0 Å². The largest absolute Gasteiger partial charge is 0.383 e. The first-order valence-corrected chi connectivity index (χ1v) is 7.83. The van der Waals surface area contributed by atoms with Crippen molar-refractivity contribution in [2.24, 2.45) is 0 Å². The molecule has 0 saturated carbocycles. The minimum absolute atomic E-state index is 0.0558. The Bertz CT molecular complexity index is 967. The standard InChI is InChI=1S/C17H20N4O3/c1-12(2)20-11-18-15-14(20)16(22)19(9-10-24-3)17(23)21(15)13-7-5-4-6-8-13/h4-8,11-12H,9-10H2,1-3H3. The molecule has 0 spiro atoms. The SMILES string of the molecule is COCCn1c(=O)c2c(ncn2C(C)C)n(-c2ccccc2)c1=O. The van der Waals surface area contributed by atoms with E-state index >= 15 is 0 Å². The Balaban J connectivity index is 2.42. The Morgan fingerprint density at radius 3 is 2.50 bits per heavy atom. The summed E-state index contributed by atoms with van der Waals surface area (Å²) in [7, 11) is 1.54. The molecule has 1 aromatic carbocycles. The monoisotopic (exact) mass is 328 g/mol. The molecule has 3 rings (SSSR count). The number of benzene rings is 1. The van der Waals surface area contributed by atoms with Gasteiger partial charge in [0, 0.05) is 13.2 Å². The van der Waals surface area contributed by atoms with E-state index in [4.69, 9.17) is 4.74 Å². The van der Waals surface area contributed by atoms with Crippen molar-refractivity contribution < 1.29 is 4.74 Å². The molecule has 3 aromatic rings. The van der Waals surface area contributed by atoms with Crippen molar-refractivity contribution in [3.05, 3.63) is 57.5 Å². The average molecular weight is 328 g/mol. The van der Waals surface area contributed by atoms with E-state index in [1.54, 1.807) is 10.9 Å². The average Bonchev–Trinajstić information content (AvgIpc) is 3.01. The number of aromatic nitrogens is 4. The molecule has 0 atom stereocenters. The van der Waals surface area contributed by atoms with Crippen molar-refractivity contribution >= 4 is 11.2 Å². The van der Waals surface area contributed by atoms with Gasteiger partial charge in [-0.25, -0.2) is 14.3 Å². The number of nitrogens with zero attached hydrogens (tertiary/aromatic N) is 4. The lowest BCUT2D eigenvalue weighted by molar-refractivity contribution is 0.184. The van der Waals surface area contributed by atoms with Crippen LogP contribution in [0.5, 0.6) is 0 Å². The minimum atomic E-state index is -0.412. The molecular weight excluding hydrogens is 308 g/mol. The van der Waals surface area contributed by atoms with Crippen LogP contribution in [0.1, 0.15) is 19.9 Å². The summed E-state index contributed by atoms with van der Waals surface area (Å²) < 4.78 is 9.52. The smallest absolute Gasteiger partial charge is 0.337 e. The number of ether oxygens (including phenoxy) is 1. The van der Waals surface area contributed by atoms with Gasteiger partial charge in [-0.3, -0.25) is 9.36 Å². The van der Waals surface area contributed by atoms with Crippen molar-refractivity contribution in [3.8, 4) is 5.69 Å². The molecule has 2 heterocycles. The van der Waals surface area contributed by atoms with Crippen LogP contribution in [-0.2, 0) is 11.3 Å². The predicted octanol–water partition coefficient (Wildman–Crippen LogP) is 1.58. The summed E-state index contributed by atoms with van der Waals surface area (Å²) >= 11 is 0. The molecule has 24 heavy (non-hydrogen) atoms. The van der Waals surface area contributed by atoms with Crippen LogP contribution in [0.25, 0.3) is 16.9 Å². The summed E-state index contributed by atoms with van der Waals surface area (Å²) in [5.74, 6) is 0. The van der Waals surface area contributed by atoms with Crippen molar-refractivity contribution in [2.45, 2.75) is 26.4 Å². The number of para-hydroxylation sites is 1. The number of imidazole rings is 1. The maximum Gasteiger partial charge on any atom is 0.337 e. The summed E-state index contributed by atoms with van der Waals surface area (Å²) in [6.07, 6.45) is 1.61. The van der Waals surface area contributed by atoms with E-state index in [0.29, 0.717) is 16.9 Å². The second-order valence-electron chi connectivity index (χ2n) is 5.82. The van der Waals surface area contributed by atoms with E-state index in [2.05, 4.69) is 4.98 Å². The highest BCUT2D eigenvalue weighted by atomic mass is 16.5. The highest BCUT2D eigenvalue weighted by Crippen LogP contribution is 2.16. The van der Waals surface area contributed by atoms with Crippen molar-refractivity contribution in [3.63, 3.8) is 0 Å². The number of rotatable bonds is 5. The van der Waals surface area contributed by atoms with Gasteiger partial charge in [0.25, 0.3) is 5.56 Å². The normalized spacial score (nSPS) is 11.5. The zero-order chi connectivity index (χ0) is 17.3. The summed E-state index contributed by atoms with van der Waals surface area (Å²) in [6, 6.07) is 9.26. The van der Waals surface area contributed by atoms with Gasteiger partial charge in [-0.2, -0.15) is 0 Å². The molecule has 0 N–H and O–H groups in total. The Morgan fingerprint density at radius 2 is 1.88 bits per heavy atom. The summed E-state index contributed by atoms with van der Waals surface area (Å²) in [5, 5.41) is 0. The van der Waals surface area contributed by atoms with Crippen LogP contribution in [0, 0.1) is 0 Å². The van der Waals surface area contributed by atoms with Gasteiger partial charge in [0.15, 0.2) is 11.2 Å². The fourth-order valence-corrected chi connectivity index (χ4v) is 2.73. The van der Waals surface area contributed by atoms with Crippen LogP contribution in [-0.4, -0.2) is 32.4 Å². The number of hydrogen-bond acceptors (Lipinski definition) is 4. The molecule has 0 bridgehead atoms. The molecular formula is C17H20N4O3. The number of fused-ring (bicyclic) bond motifs is 1. The van der Waals surface area contributed by atoms with E-state index in [1.165, 1.54) is 16.2 Å². The molecule has 0 aliphatic carbocycles. The second-order valence-corrected chi connectivity index (χ2v) is 5.82. The van der Waals surface area contributed by atoms with Crippen LogP contribution >= 0.6 is 0 Å². The number of methoxy groups -OCH3 is 1. The molecule has 0 aliphatic heterocycles. The lowest BCUT2D eigenvalue weighted by atomic mass is 10.3. The predicted molar refractivity (Wildman–Crippen MR) is 91.9 cm³/mol. The highest BCUT2D eigenvalue weighted by molar-refractivity contribution is 5.72. The molecule has 0 fully saturated rings. The van der Waals surface area contributed by atoms with E-state index in [-0.39, 0.29) is 24.8 Å².